The molecule has 4 heteroatoms. The third-order valence-electron chi connectivity index (χ3n) is 4.59. The lowest BCUT2D eigenvalue weighted by Gasteiger charge is -2.45. The van der Waals surface area contributed by atoms with Crippen molar-refractivity contribution in [1.82, 2.24) is 10.2 Å². The second kappa shape index (κ2) is 5.17. The van der Waals surface area contributed by atoms with Gasteiger partial charge >= 0.3 is 0 Å². The smallest absolute Gasteiger partial charge is 0.130 e. The van der Waals surface area contributed by atoms with Crippen molar-refractivity contribution < 1.29 is 8.78 Å². The van der Waals surface area contributed by atoms with Gasteiger partial charge in [0.15, 0.2) is 0 Å². The van der Waals surface area contributed by atoms with Crippen LogP contribution in [0.3, 0.4) is 0 Å². The van der Waals surface area contributed by atoms with E-state index in [2.05, 4.69) is 10.2 Å². The van der Waals surface area contributed by atoms with Crippen LogP contribution in [0.2, 0.25) is 0 Å². The van der Waals surface area contributed by atoms with Crippen molar-refractivity contribution in [2.75, 3.05) is 19.6 Å². The van der Waals surface area contributed by atoms with E-state index in [4.69, 9.17) is 0 Å². The van der Waals surface area contributed by atoms with Gasteiger partial charge in [-0.2, -0.15) is 0 Å². The summed E-state index contributed by atoms with van der Waals surface area (Å²) in [6.07, 6.45) is 4.87. The van der Waals surface area contributed by atoms with E-state index in [1.807, 2.05) is 0 Å². The SMILES string of the molecule is Fc1ccc(CN2CCNCC23CCCC3)c(F)c1. The maximum atomic E-state index is 13.8. The molecule has 0 atom stereocenters. The molecule has 2 nitrogen and oxygen atoms in total. The lowest BCUT2D eigenvalue weighted by molar-refractivity contribution is 0.0562. The summed E-state index contributed by atoms with van der Waals surface area (Å²) in [5.41, 5.74) is 0.800. The first kappa shape index (κ1) is 13.0. The molecule has 2 aliphatic rings. The largest absolute Gasteiger partial charge is 0.314 e. The molecule has 1 aromatic carbocycles. The first-order valence-corrected chi connectivity index (χ1v) is 7.09. The summed E-state index contributed by atoms with van der Waals surface area (Å²) in [6.45, 7) is 3.48. The van der Waals surface area contributed by atoms with Gasteiger partial charge in [0.1, 0.15) is 11.6 Å². The summed E-state index contributed by atoms with van der Waals surface area (Å²) in [5.74, 6) is -0.927. The van der Waals surface area contributed by atoms with E-state index in [9.17, 15) is 8.78 Å². The van der Waals surface area contributed by atoms with Gasteiger partial charge in [0.05, 0.1) is 0 Å². The van der Waals surface area contributed by atoms with Crippen molar-refractivity contribution in [3.8, 4) is 0 Å². The van der Waals surface area contributed by atoms with E-state index in [-0.39, 0.29) is 5.54 Å². The number of nitrogens with one attached hydrogen (secondary N) is 1. The van der Waals surface area contributed by atoms with Gasteiger partial charge in [-0.05, 0) is 18.9 Å². The van der Waals surface area contributed by atoms with Crippen molar-refractivity contribution in [3.05, 3.63) is 35.4 Å². The molecule has 1 N–H and O–H groups in total. The summed E-state index contributed by atoms with van der Waals surface area (Å²) >= 11 is 0. The second-order valence-corrected chi connectivity index (χ2v) is 5.77. The third kappa shape index (κ3) is 2.51. The highest BCUT2D eigenvalue weighted by molar-refractivity contribution is 5.19. The second-order valence-electron chi connectivity index (χ2n) is 5.77. The summed E-state index contributed by atoms with van der Waals surface area (Å²) in [5, 5.41) is 3.46. The van der Waals surface area contributed by atoms with E-state index in [1.54, 1.807) is 6.07 Å². The maximum Gasteiger partial charge on any atom is 0.130 e. The van der Waals surface area contributed by atoms with Crippen LogP contribution in [0, 0.1) is 11.6 Å². The van der Waals surface area contributed by atoms with Gasteiger partial charge in [0, 0.05) is 43.3 Å². The molecule has 2 fully saturated rings. The first-order chi connectivity index (χ1) is 9.20. The van der Waals surface area contributed by atoms with Gasteiger partial charge in [-0.25, -0.2) is 8.78 Å². The summed E-state index contributed by atoms with van der Waals surface area (Å²) < 4.78 is 26.8. The topological polar surface area (TPSA) is 15.3 Å². The zero-order valence-corrected chi connectivity index (χ0v) is 11.1. The number of rotatable bonds is 2. The molecular formula is C15H20F2N2. The molecule has 1 spiro atoms. The average molecular weight is 266 g/mol. The minimum Gasteiger partial charge on any atom is -0.314 e. The van der Waals surface area contributed by atoms with Crippen molar-refractivity contribution >= 4 is 0 Å². The number of halogens is 2. The zero-order chi connectivity index (χ0) is 13.3. The van der Waals surface area contributed by atoms with Crippen molar-refractivity contribution in [1.29, 1.82) is 0 Å². The molecule has 1 heterocycles. The molecule has 0 aromatic heterocycles. The van der Waals surface area contributed by atoms with E-state index in [0.717, 1.165) is 25.7 Å². The van der Waals surface area contributed by atoms with Gasteiger partial charge in [0.2, 0.25) is 0 Å². The molecule has 104 valence electrons. The molecule has 0 amide bonds. The fourth-order valence-corrected chi connectivity index (χ4v) is 3.51. The fourth-order valence-electron chi connectivity index (χ4n) is 3.51. The third-order valence-corrected chi connectivity index (χ3v) is 4.59. The van der Waals surface area contributed by atoms with Crippen molar-refractivity contribution in [2.24, 2.45) is 0 Å². The van der Waals surface area contributed by atoms with Gasteiger partial charge in [-0.3, -0.25) is 4.90 Å². The Kier molecular flexibility index (Phi) is 3.54. The van der Waals surface area contributed by atoms with E-state index in [0.29, 0.717) is 12.1 Å². The molecule has 0 unspecified atom stereocenters. The van der Waals surface area contributed by atoms with Crippen molar-refractivity contribution in [2.45, 2.75) is 37.8 Å². The Morgan fingerprint density at radius 3 is 2.74 bits per heavy atom. The number of nitrogens with zero attached hydrogens (tertiary/aromatic N) is 1. The van der Waals surface area contributed by atoms with Gasteiger partial charge in [-0.15, -0.1) is 0 Å². The Bertz CT molecular complexity index is 455. The van der Waals surface area contributed by atoms with E-state index < -0.39 is 11.6 Å². The molecule has 19 heavy (non-hydrogen) atoms. The van der Waals surface area contributed by atoms with Crippen molar-refractivity contribution in [3.63, 3.8) is 0 Å². The van der Waals surface area contributed by atoms with Crippen LogP contribution in [0.15, 0.2) is 18.2 Å². The van der Waals surface area contributed by atoms with Crippen LogP contribution >= 0.6 is 0 Å². The van der Waals surface area contributed by atoms with Crippen LogP contribution in [0.4, 0.5) is 8.78 Å². The lowest BCUT2D eigenvalue weighted by atomic mass is 9.92. The summed E-state index contributed by atoms with van der Waals surface area (Å²) in [4.78, 5) is 2.40. The molecule has 0 bridgehead atoms. The number of hydrogen-bond donors (Lipinski definition) is 1. The van der Waals surface area contributed by atoms with Crippen LogP contribution in [0.1, 0.15) is 31.2 Å². The Labute approximate surface area is 112 Å². The Hall–Kier alpha value is -1.00. The predicted molar refractivity (Wildman–Crippen MR) is 70.8 cm³/mol. The van der Waals surface area contributed by atoms with Crippen LogP contribution in [-0.4, -0.2) is 30.1 Å². The molecule has 1 saturated heterocycles. The van der Waals surface area contributed by atoms with Gasteiger partial charge in [0.25, 0.3) is 0 Å². The van der Waals surface area contributed by atoms with Crippen LogP contribution in [0.25, 0.3) is 0 Å². The Morgan fingerprint density at radius 2 is 2.00 bits per heavy atom. The van der Waals surface area contributed by atoms with Crippen LogP contribution in [0.5, 0.6) is 0 Å². The summed E-state index contributed by atoms with van der Waals surface area (Å²) in [6, 6.07) is 3.91. The minimum atomic E-state index is -0.503. The highest BCUT2D eigenvalue weighted by Crippen LogP contribution is 2.37. The molecular weight excluding hydrogens is 246 g/mol. The molecule has 0 radical (unpaired) electrons. The average Bonchev–Trinajstić information content (AvgIpc) is 2.85. The standard InChI is InChI=1S/C15H20F2N2/c16-13-4-3-12(14(17)9-13)10-19-8-7-18-11-15(19)5-1-2-6-15/h3-4,9,18H,1-2,5-8,10-11H2. The molecule has 3 rings (SSSR count). The molecule has 1 aliphatic carbocycles. The monoisotopic (exact) mass is 266 g/mol. The van der Waals surface area contributed by atoms with Crippen LogP contribution < -0.4 is 5.32 Å². The lowest BCUT2D eigenvalue weighted by Crippen LogP contribution is -2.59. The van der Waals surface area contributed by atoms with E-state index in [1.165, 1.54) is 31.7 Å². The number of hydrogen-bond acceptors (Lipinski definition) is 2. The van der Waals surface area contributed by atoms with Gasteiger partial charge < -0.3 is 5.32 Å². The highest BCUT2D eigenvalue weighted by Gasteiger charge is 2.41. The molecule has 1 aromatic rings. The number of benzene rings is 1. The minimum absolute atomic E-state index is 0.194. The zero-order valence-electron chi connectivity index (χ0n) is 11.1. The predicted octanol–water partition coefficient (Wildman–Crippen LogP) is 2.68. The van der Waals surface area contributed by atoms with Gasteiger partial charge in [-0.1, -0.05) is 18.9 Å². The summed E-state index contributed by atoms with van der Waals surface area (Å²) in [7, 11) is 0. The van der Waals surface area contributed by atoms with Crippen LogP contribution in [-0.2, 0) is 6.54 Å². The Balaban J connectivity index is 1.80. The highest BCUT2D eigenvalue weighted by atomic mass is 19.1. The maximum absolute atomic E-state index is 13.8. The first-order valence-electron chi connectivity index (χ1n) is 7.09. The quantitative estimate of drug-likeness (QED) is 0.885. The normalized spacial score (nSPS) is 23.1. The fraction of sp³-hybridized carbons (Fsp3) is 0.600. The molecule has 1 saturated carbocycles. The Morgan fingerprint density at radius 1 is 1.21 bits per heavy atom. The van der Waals surface area contributed by atoms with E-state index >= 15 is 0 Å². The molecule has 1 aliphatic heterocycles. The number of piperazine rings is 1.